The lowest BCUT2D eigenvalue weighted by molar-refractivity contribution is -0.154. The van der Waals surface area contributed by atoms with E-state index in [-0.39, 0.29) is 30.0 Å². The van der Waals surface area contributed by atoms with E-state index in [1.54, 1.807) is 24.3 Å². The molecule has 0 radical (unpaired) electrons. The van der Waals surface area contributed by atoms with Crippen LogP contribution in [0.4, 0.5) is 19.1 Å². The molecule has 3 aromatic rings. The fourth-order valence-electron chi connectivity index (χ4n) is 4.37. The van der Waals surface area contributed by atoms with Crippen LogP contribution in [0.5, 0.6) is 11.8 Å². The van der Waals surface area contributed by atoms with Crippen molar-refractivity contribution < 1.29 is 32.2 Å². The van der Waals surface area contributed by atoms with E-state index in [0.717, 1.165) is 17.5 Å². The normalized spacial score (nSPS) is 15.4. The number of amides is 2. The highest BCUT2D eigenvalue weighted by molar-refractivity contribution is 5.94. The zero-order valence-corrected chi connectivity index (χ0v) is 24.0. The van der Waals surface area contributed by atoms with Crippen LogP contribution in [0, 0.1) is 0 Å². The lowest BCUT2D eigenvalue weighted by Crippen LogP contribution is -2.33. The van der Waals surface area contributed by atoms with Crippen LogP contribution in [0.25, 0.3) is 0 Å². The number of hydrogen-bond donors (Lipinski definition) is 2. The van der Waals surface area contributed by atoms with Crippen LogP contribution in [0.1, 0.15) is 59.9 Å². The minimum atomic E-state index is -4.55. The molecule has 0 unspecified atom stereocenters. The van der Waals surface area contributed by atoms with Crippen molar-refractivity contribution in [2.24, 2.45) is 0 Å². The smallest absolute Gasteiger partial charge is 0.422 e. The first-order chi connectivity index (χ1) is 20.7. The summed E-state index contributed by atoms with van der Waals surface area (Å²) >= 11 is 0. The minimum Gasteiger partial charge on any atom is -0.494 e. The fraction of sp³-hybridized carbons (Fsp3) is 0.433. The molecule has 2 amide bonds. The molecule has 0 saturated heterocycles. The number of halogens is 3. The molecule has 4 heterocycles. The Bertz CT molecular complexity index is 1350. The summed E-state index contributed by atoms with van der Waals surface area (Å²) in [5.74, 6) is 0.806. The zero-order chi connectivity index (χ0) is 30.7. The van der Waals surface area contributed by atoms with Crippen LogP contribution in [0.3, 0.4) is 0 Å². The summed E-state index contributed by atoms with van der Waals surface area (Å²) in [6.45, 7) is 2.70. The van der Waals surface area contributed by atoms with E-state index in [1.165, 1.54) is 0 Å². The average Bonchev–Trinajstić information content (AvgIpc) is 2.99. The van der Waals surface area contributed by atoms with Crippen LogP contribution < -0.4 is 20.1 Å². The topological polar surface area (TPSA) is 119 Å². The molecule has 0 saturated carbocycles. The molecule has 13 heteroatoms. The van der Waals surface area contributed by atoms with Crippen LogP contribution >= 0.6 is 0 Å². The Labute approximate surface area is 248 Å². The van der Waals surface area contributed by atoms with Crippen molar-refractivity contribution in [1.29, 1.82) is 0 Å². The molecule has 2 N–H and O–H groups in total. The van der Waals surface area contributed by atoms with Gasteiger partial charge < -0.3 is 25.0 Å². The van der Waals surface area contributed by atoms with Gasteiger partial charge in [0, 0.05) is 44.6 Å². The van der Waals surface area contributed by atoms with E-state index >= 15 is 0 Å². The van der Waals surface area contributed by atoms with E-state index in [9.17, 15) is 22.8 Å². The summed E-state index contributed by atoms with van der Waals surface area (Å²) in [7, 11) is 0. The predicted molar refractivity (Wildman–Crippen MR) is 153 cm³/mol. The molecule has 0 atom stereocenters. The Morgan fingerprint density at radius 1 is 0.953 bits per heavy atom. The molecule has 43 heavy (non-hydrogen) atoms. The third kappa shape index (κ3) is 10.4. The van der Waals surface area contributed by atoms with Gasteiger partial charge in [0.25, 0.3) is 5.91 Å². The van der Waals surface area contributed by atoms with Crippen LogP contribution in [0.2, 0.25) is 0 Å². The second-order valence-electron chi connectivity index (χ2n) is 10.0. The van der Waals surface area contributed by atoms with Gasteiger partial charge in [-0.05, 0) is 54.7 Å². The van der Waals surface area contributed by atoms with E-state index in [1.807, 2.05) is 36.1 Å². The predicted octanol–water partition coefficient (Wildman–Crippen LogP) is 4.55. The summed E-state index contributed by atoms with van der Waals surface area (Å²) in [5.41, 5.74) is 2.08. The second kappa shape index (κ2) is 15.2. The van der Waals surface area contributed by atoms with Gasteiger partial charge in [-0.2, -0.15) is 28.1 Å². The Kier molecular flexibility index (Phi) is 11.1. The van der Waals surface area contributed by atoms with E-state index in [4.69, 9.17) is 9.47 Å². The van der Waals surface area contributed by atoms with Crippen molar-refractivity contribution >= 4 is 17.8 Å². The van der Waals surface area contributed by atoms with Gasteiger partial charge in [0.2, 0.25) is 11.9 Å². The third-order valence-electron chi connectivity index (χ3n) is 6.62. The van der Waals surface area contributed by atoms with Gasteiger partial charge in [-0.15, -0.1) is 0 Å². The largest absolute Gasteiger partial charge is 0.494 e. The van der Waals surface area contributed by atoms with Gasteiger partial charge >= 0.3 is 12.2 Å². The number of carbonyl (C=O) groups is 2. The molecular weight excluding hydrogens is 565 g/mol. The number of carbonyl (C=O) groups excluding carboxylic acids is 2. The molecule has 0 aliphatic carbocycles. The molecule has 0 fully saturated rings. The first kappa shape index (κ1) is 31.5. The van der Waals surface area contributed by atoms with Gasteiger partial charge in [0.05, 0.1) is 6.61 Å². The molecule has 6 rings (SSSR count). The Balaban J connectivity index is 1.52. The van der Waals surface area contributed by atoms with E-state index in [0.29, 0.717) is 63.4 Å². The summed E-state index contributed by atoms with van der Waals surface area (Å²) in [4.78, 5) is 39.3. The van der Waals surface area contributed by atoms with Crippen LogP contribution in [-0.2, 0) is 17.8 Å². The second-order valence-corrected chi connectivity index (χ2v) is 10.0. The molecule has 10 nitrogen and oxygen atoms in total. The molecule has 2 aromatic carbocycles. The maximum absolute atomic E-state index is 12.8. The number of nitrogens with zero attached hydrogens (tertiary/aromatic N) is 4. The Morgan fingerprint density at radius 2 is 1.67 bits per heavy atom. The number of fused-ring (bicyclic) bond motifs is 2. The van der Waals surface area contributed by atoms with Crippen molar-refractivity contribution in [3.8, 4) is 11.8 Å². The molecule has 1 aromatic heterocycles. The first-order valence-electron chi connectivity index (χ1n) is 14.2. The lowest BCUT2D eigenvalue weighted by atomic mass is 10.1. The average molecular weight is 601 g/mol. The number of aromatic nitrogens is 3. The summed E-state index contributed by atoms with van der Waals surface area (Å²) in [6, 6.07) is 13.7. The highest BCUT2D eigenvalue weighted by Crippen LogP contribution is 2.19. The third-order valence-corrected chi connectivity index (χ3v) is 6.62. The van der Waals surface area contributed by atoms with E-state index in [2.05, 4.69) is 25.6 Å². The van der Waals surface area contributed by atoms with Crippen molar-refractivity contribution in [3.63, 3.8) is 0 Å². The van der Waals surface area contributed by atoms with Gasteiger partial charge in [-0.25, -0.2) is 0 Å². The molecular formula is C30H35F3N6O4. The molecule has 3 aliphatic heterocycles. The molecule has 230 valence electrons. The summed E-state index contributed by atoms with van der Waals surface area (Å²) in [5, 5.41) is 5.92. The summed E-state index contributed by atoms with van der Waals surface area (Å²) in [6.07, 6.45) is -1.80. The highest BCUT2D eigenvalue weighted by atomic mass is 19.4. The molecule has 6 bridgehead atoms. The van der Waals surface area contributed by atoms with Crippen molar-refractivity contribution in [2.75, 3.05) is 38.2 Å². The standard InChI is InChI=1S/C30H35F3N6O4/c1-2-26(40)39-15-4-3-14-34-27(41)23-10-6-21(7-11-23)18-25-36-28(38-29(37-25)43-20-30(31,32)33)35-19-22-8-12-24(13-9-22)42-17-5-16-39/h6-13H,2-5,14-20H2,1H3,(H,34,41)(H,35,36,37,38). The number of rotatable bonds is 3. The van der Waals surface area contributed by atoms with Crippen molar-refractivity contribution in [3.05, 3.63) is 71.0 Å². The van der Waals surface area contributed by atoms with Gasteiger partial charge in [-0.3, -0.25) is 9.59 Å². The van der Waals surface area contributed by atoms with Crippen LogP contribution in [-0.4, -0.2) is 70.7 Å². The van der Waals surface area contributed by atoms with Crippen molar-refractivity contribution in [1.82, 2.24) is 25.2 Å². The monoisotopic (exact) mass is 600 g/mol. The SMILES string of the molecule is CCC(=O)N1CCCCNC(=O)c2ccc(cc2)Cc2nc(nc(OCC(F)(F)F)n2)NCc2ccc(cc2)OCCC1. The summed E-state index contributed by atoms with van der Waals surface area (Å²) < 4.78 is 49.0. The van der Waals surface area contributed by atoms with Gasteiger partial charge in [0.1, 0.15) is 11.6 Å². The Hall–Kier alpha value is -4.42. The molecule has 3 aliphatic rings. The minimum absolute atomic E-state index is 0.0650. The number of ether oxygens (including phenoxy) is 2. The number of anilines is 1. The number of benzene rings is 2. The lowest BCUT2D eigenvalue weighted by Gasteiger charge is -2.22. The van der Waals surface area contributed by atoms with Gasteiger partial charge in [0.15, 0.2) is 6.61 Å². The Morgan fingerprint density at radius 3 is 2.40 bits per heavy atom. The van der Waals surface area contributed by atoms with Crippen molar-refractivity contribution in [2.45, 2.75) is 51.7 Å². The highest BCUT2D eigenvalue weighted by Gasteiger charge is 2.29. The number of nitrogens with one attached hydrogen (secondary N) is 2. The maximum Gasteiger partial charge on any atom is 0.422 e. The van der Waals surface area contributed by atoms with Crippen LogP contribution in [0.15, 0.2) is 48.5 Å². The van der Waals surface area contributed by atoms with Gasteiger partial charge in [-0.1, -0.05) is 31.2 Å². The van der Waals surface area contributed by atoms with E-state index < -0.39 is 18.8 Å². The molecule has 0 spiro atoms. The number of hydrogen-bond acceptors (Lipinski definition) is 8. The fourth-order valence-corrected chi connectivity index (χ4v) is 4.37. The maximum atomic E-state index is 12.8. The quantitative estimate of drug-likeness (QED) is 0.450. The number of alkyl halides is 3. The first-order valence-corrected chi connectivity index (χ1v) is 14.2. The zero-order valence-electron chi connectivity index (χ0n) is 24.0.